The van der Waals surface area contributed by atoms with Crippen molar-refractivity contribution in [2.75, 3.05) is 44.8 Å². The molecule has 0 atom stereocenters. The van der Waals surface area contributed by atoms with Crippen LogP contribution in [0.25, 0.3) is 0 Å². The van der Waals surface area contributed by atoms with Crippen LogP contribution in [0.4, 0.5) is 5.69 Å². The van der Waals surface area contributed by atoms with Crippen LogP contribution in [-0.2, 0) is 4.74 Å². The number of nitrogens with two attached hydrogens (primary N) is 1. The highest BCUT2D eigenvalue weighted by Gasteiger charge is 2.37. The van der Waals surface area contributed by atoms with Crippen molar-refractivity contribution in [2.45, 2.75) is 6.42 Å². The molecule has 1 aromatic carbocycles. The maximum atomic E-state index is 5.80. The van der Waals surface area contributed by atoms with Gasteiger partial charge >= 0.3 is 0 Å². The van der Waals surface area contributed by atoms with Gasteiger partial charge in [0.05, 0.1) is 26.4 Å². The van der Waals surface area contributed by atoms with Crippen molar-refractivity contribution >= 4 is 5.69 Å². The first-order valence-corrected chi connectivity index (χ1v) is 6.73. The predicted molar refractivity (Wildman–Crippen MR) is 72.8 cm³/mol. The standard InChI is InChI=1S/C14H20N2O3/c15-7-14(9-17-10-14)8-16-11-2-3-12-13(6-11)19-5-1-4-18-12/h2-3,6,16H,1,4-5,7-10,15H2. The van der Waals surface area contributed by atoms with Crippen LogP contribution in [0.2, 0.25) is 0 Å². The monoisotopic (exact) mass is 264 g/mol. The Labute approximate surface area is 113 Å². The molecule has 19 heavy (non-hydrogen) atoms. The van der Waals surface area contributed by atoms with Crippen LogP contribution in [0, 0.1) is 5.41 Å². The topological polar surface area (TPSA) is 65.7 Å². The van der Waals surface area contributed by atoms with Crippen LogP contribution in [0.3, 0.4) is 0 Å². The Morgan fingerprint density at radius 3 is 2.63 bits per heavy atom. The van der Waals surface area contributed by atoms with Crippen molar-refractivity contribution in [2.24, 2.45) is 11.1 Å². The van der Waals surface area contributed by atoms with E-state index in [1.807, 2.05) is 18.2 Å². The number of fused-ring (bicyclic) bond motifs is 1. The maximum Gasteiger partial charge on any atom is 0.163 e. The van der Waals surface area contributed by atoms with Gasteiger partial charge in [-0.15, -0.1) is 0 Å². The van der Waals surface area contributed by atoms with Crippen molar-refractivity contribution in [3.05, 3.63) is 18.2 Å². The lowest BCUT2D eigenvalue weighted by atomic mass is 9.86. The molecular weight excluding hydrogens is 244 g/mol. The lowest BCUT2D eigenvalue weighted by Crippen LogP contribution is -2.52. The molecule has 1 fully saturated rings. The van der Waals surface area contributed by atoms with Gasteiger partial charge in [-0.25, -0.2) is 0 Å². The van der Waals surface area contributed by atoms with E-state index in [0.717, 1.165) is 43.4 Å². The van der Waals surface area contributed by atoms with Gasteiger partial charge in [-0.05, 0) is 12.1 Å². The molecule has 104 valence electrons. The first-order valence-electron chi connectivity index (χ1n) is 6.73. The Kier molecular flexibility index (Phi) is 3.48. The summed E-state index contributed by atoms with van der Waals surface area (Å²) >= 11 is 0. The molecule has 1 aromatic rings. The molecule has 2 heterocycles. The maximum absolute atomic E-state index is 5.80. The molecule has 0 unspecified atom stereocenters. The summed E-state index contributed by atoms with van der Waals surface area (Å²) in [5, 5.41) is 3.41. The summed E-state index contributed by atoms with van der Waals surface area (Å²) in [5.74, 6) is 1.64. The van der Waals surface area contributed by atoms with Crippen molar-refractivity contribution in [3.8, 4) is 11.5 Å². The van der Waals surface area contributed by atoms with Gasteiger partial charge in [0.2, 0.25) is 0 Å². The van der Waals surface area contributed by atoms with Gasteiger partial charge < -0.3 is 25.3 Å². The van der Waals surface area contributed by atoms with Crippen molar-refractivity contribution < 1.29 is 14.2 Å². The molecule has 3 N–H and O–H groups in total. The van der Waals surface area contributed by atoms with Crippen LogP contribution in [0.5, 0.6) is 11.5 Å². The minimum absolute atomic E-state index is 0.0874. The molecule has 5 nitrogen and oxygen atoms in total. The van der Waals surface area contributed by atoms with E-state index in [-0.39, 0.29) is 5.41 Å². The molecular formula is C14H20N2O3. The SMILES string of the molecule is NCC1(CNc2ccc3c(c2)OCCCO3)COC1. The minimum atomic E-state index is 0.0874. The van der Waals surface area contributed by atoms with Gasteiger partial charge in [-0.1, -0.05) is 0 Å². The van der Waals surface area contributed by atoms with E-state index in [1.54, 1.807) is 0 Å². The van der Waals surface area contributed by atoms with Crippen LogP contribution in [-0.4, -0.2) is 39.5 Å². The zero-order valence-corrected chi connectivity index (χ0v) is 11.0. The zero-order chi connectivity index (χ0) is 13.1. The van der Waals surface area contributed by atoms with Gasteiger partial charge in [0, 0.05) is 36.7 Å². The Balaban J connectivity index is 1.66. The van der Waals surface area contributed by atoms with E-state index < -0.39 is 0 Å². The smallest absolute Gasteiger partial charge is 0.163 e. The molecule has 0 bridgehead atoms. The Bertz CT molecular complexity index is 441. The molecule has 2 aliphatic rings. The third-order valence-corrected chi connectivity index (χ3v) is 3.66. The number of anilines is 1. The van der Waals surface area contributed by atoms with Gasteiger partial charge in [0.25, 0.3) is 0 Å². The number of hydrogen-bond donors (Lipinski definition) is 2. The highest BCUT2D eigenvalue weighted by Crippen LogP contribution is 2.33. The first-order chi connectivity index (χ1) is 9.31. The van der Waals surface area contributed by atoms with E-state index in [0.29, 0.717) is 19.8 Å². The van der Waals surface area contributed by atoms with Crippen LogP contribution >= 0.6 is 0 Å². The summed E-state index contributed by atoms with van der Waals surface area (Å²) in [5.41, 5.74) is 6.92. The molecule has 2 aliphatic heterocycles. The fourth-order valence-corrected chi connectivity index (χ4v) is 2.25. The van der Waals surface area contributed by atoms with E-state index in [1.165, 1.54) is 0 Å². The van der Waals surface area contributed by atoms with Gasteiger partial charge in [-0.3, -0.25) is 0 Å². The molecule has 0 saturated carbocycles. The summed E-state index contributed by atoms with van der Waals surface area (Å²) < 4.78 is 16.5. The van der Waals surface area contributed by atoms with E-state index in [4.69, 9.17) is 19.9 Å². The molecule has 0 spiro atoms. The lowest BCUT2D eigenvalue weighted by Gasteiger charge is -2.40. The van der Waals surface area contributed by atoms with E-state index >= 15 is 0 Å². The molecule has 0 amide bonds. The molecule has 3 rings (SSSR count). The summed E-state index contributed by atoms with van der Waals surface area (Å²) in [6.07, 6.45) is 0.922. The zero-order valence-electron chi connectivity index (χ0n) is 11.0. The molecule has 5 heteroatoms. The average molecular weight is 264 g/mol. The molecule has 0 aliphatic carbocycles. The Morgan fingerprint density at radius 1 is 1.16 bits per heavy atom. The second-order valence-electron chi connectivity index (χ2n) is 5.26. The largest absolute Gasteiger partial charge is 0.490 e. The molecule has 1 saturated heterocycles. The third kappa shape index (κ3) is 2.62. The van der Waals surface area contributed by atoms with Crippen LogP contribution < -0.4 is 20.5 Å². The van der Waals surface area contributed by atoms with Gasteiger partial charge in [0.15, 0.2) is 11.5 Å². The number of hydrogen-bond acceptors (Lipinski definition) is 5. The van der Waals surface area contributed by atoms with E-state index in [2.05, 4.69) is 5.32 Å². The summed E-state index contributed by atoms with van der Waals surface area (Å²) in [4.78, 5) is 0. The molecule has 0 aromatic heterocycles. The normalized spacial score (nSPS) is 20.3. The minimum Gasteiger partial charge on any atom is -0.490 e. The second-order valence-corrected chi connectivity index (χ2v) is 5.26. The number of rotatable bonds is 4. The Hall–Kier alpha value is -1.46. The summed E-state index contributed by atoms with van der Waals surface area (Å²) in [6, 6.07) is 5.96. The summed E-state index contributed by atoms with van der Waals surface area (Å²) in [6.45, 7) is 4.36. The van der Waals surface area contributed by atoms with Crippen molar-refractivity contribution in [1.82, 2.24) is 0 Å². The predicted octanol–water partition coefficient (Wildman–Crippen LogP) is 1.24. The van der Waals surface area contributed by atoms with Gasteiger partial charge in [0.1, 0.15) is 0 Å². The lowest BCUT2D eigenvalue weighted by molar-refractivity contribution is -0.0979. The highest BCUT2D eigenvalue weighted by atomic mass is 16.5. The van der Waals surface area contributed by atoms with Gasteiger partial charge in [-0.2, -0.15) is 0 Å². The first kappa shape index (κ1) is 12.6. The average Bonchev–Trinajstić information content (AvgIpc) is 2.62. The fourth-order valence-electron chi connectivity index (χ4n) is 2.25. The number of benzene rings is 1. The summed E-state index contributed by atoms with van der Waals surface area (Å²) in [7, 11) is 0. The van der Waals surface area contributed by atoms with Crippen LogP contribution in [0.15, 0.2) is 18.2 Å². The van der Waals surface area contributed by atoms with E-state index in [9.17, 15) is 0 Å². The molecule has 0 radical (unpaired) electrons. The second kappa shape index (κ2) is 5.27. The quantitative estimate of drug-likeness (QED) is 0.856. The van der Waals surface area contributed by atoms with Crippen LogP contribution in [0.1, 0.15) is 6.42 Å². The highest BCUT2D eigenvalue weighted by molar-refractivity contribution is 5.55. The van der Waals surface area contributed by atoms with Crippen molar-refractivity contribution in [3.63, 3.8) is 0 Å². The number of nitrogens with one attached hydrogen (secondary N) is 1. The Morgan fingerprint density at radius 2 is 1.95 bits per heavy atom. The number of ether oxygens (including phenoxy) is 3. The van der Waals surface area contributed by atoms with Crippen molar-refractivity contribution in [1.29, 1.82) is 0 Å². The fraction of sp³-hybridized carbons (Fsp3) is 0.571. The third-order valence-electron chi connectivity index (χ3n) is 3.66.